The second-order valence-electron chi connectivity index (χ2n) is 5.39. The van der Waals surface area contributed by atoms with E-state index in [0.717, 1.165) is 0 Å². The fourth-order valence-corrected chi connectivity index (χ4v) is 2.60. The molecular formula is C19H18O7. The quantitative estimate of drug-likeness (QED) is 0.628. The van der Waals surface area contributed by atoms with Gasteiger partial charge in [0.25, 0.3) is 0 Å². The van der Waals surface area contributed by atoms with E-state index >= 15 is 0 Å². The van der Waals surface area contributed by atoms with Crippen LogP contribution in [0, 0.1) is 0 Å². The van der Waals surface area contributed by atoms with Gasteiger partial charge >= 0.3 is 0 Å². The number of benzene rings is 2. The average Bonchev–Trinajstić information content (AvgIpc) is 3.14. The first-order valence-corrected chi connectivity index (χ1v) is 7.72. The highest BCUT2D eigenvalue weighted by molar-refractivity contribution is 6.07. The number of hydrogen-bond acceptors (Lipinski definition) is 7. The van der Waals surface area contributed by atoms with Gasteiger partial charge in [-0.15, -0.1) is 0 Å². The Kier molecular flexibility index (Phi) is 4.88. The van der Waals surface area contributed by atoms with Crippen molar-refractivity contribution >= 4 is 11.9 Å². The van der Waals surface area contributed by atoms with E-state index in [9.17, 15) is 9.90 Å². The molecule has 136 valence electrons. The molecule has 0 fully saturated rings. The highest BCUT2D eigenvalue weighted by atomic mass is 16.7. The minimum absolute atomic E-state index is 0.0418. The zero-order valence-electron chi connectivity index (χ0n) is 14.6. The first-order chi connectivity index (χ1) is 12.6. The van der Waals surface area contributed by atoms with Crippen LogP contribution in [-0.4, -0.2) is 39.0 Å². The van der Waals surface area contributed by atoms with Crippen LogP contribution in [-0.2, 0) is 0 Å². The number of carbonyl (C=O) groups excluding carboxylic acids is 1. The van der Waals surface area contributed by atoms with Gasteiger partial charge in [-0.3, -0.25) is 4.79 Å². The normalized spacial score (nSPS) is 12.3. The van der Waals surface area contributed by atoms with Crippen molar-refractivity contribution in [3.8, 4) is 34.5 Å². The summed E-state index contributed by atoms with van der Waals surface area (Å²) in [6, 6.07) is 6.32. The van der Waals surface area contributed by atoms with E-state index in [1.165, 1.54) is 33.5 Å². The van der Waals surface area contributed by atoms with Crippen LogP contribution >= 0.6 is 0 Å². The lowest BCUT2D eigenvalue weighted by molar-refractivity contribution is 0.104. The lowest BCUT2D eigenvalue weighted by Gasteiger charge is -2.13. The number of ketones is 1. The van der Waals surface area contributed by atoms with Crippen molar-refractivity contribution in [3.63, 3.8) is 0 Å². The van der Waals surface area contributed by atoms with Gasteiger partial charge in [0.1, 0.15) is 0 Å². The van der Waals surface area contributed by atoms with Crippen molar-refractivity contribution in [2.45, 2.75) is 0 Å². The van der Waals surface area contributed by atoms with E-state index in [-0.39, 0.29) is 18.3 Å². The Morgan fingerprint density at radius 2 is 1.73 bits per heavy atom. The fourth-order valence-electron chi connectivity index (χ4n) is 2.60. The number of rotatable bonds is 6. The van der Waals surface area contributed by atoms with Crippen molar-refractivity contribution in [2.75, 3.05) is 28.1 Å². The standard InChI is InChI=1S/C19H18O7/c1-22-15-8-12(9-16(23-2)19(15)24-3)13(20)5-4-11-6-14(21)18-17(7-11)25-10-26-18/h4-9,21H,10H2,1-3H3. The van der Waals surface area contributed by atoms with E-state index in [4.69, 9.17) is 23.7 Å². The van der Waals surface area contributed by atoms with Gasteiger partial charge in [0.2, 0.25) is 18.3 Å². The zero-order chi connectivity index (χ0) is 18.7. The molecule has 0 amide bonds. The molecule has 0 spiro atoms. The number of hydrogen-bond donors (Lipinski definition) is 1. The fraction of sp³-hybridized carbons (Fsp3) is 0.211. The Labute approximate surface area is 150 Å². The minimum Gasteiger partial charge on any atom is -0.504 e. The smallest absolute Gasteiger partial charge is 0.231 e. The van der Waals surface area contributed by atoms with Gasteiger partial charge in [0.15, 0.2) is 28.8 Å². The maximum atomic E-state index is 12.5. The summed E-state index contributed by atoms with van der Waals surface area (Å²) in [6.45, 7) is 0.0560. The molecule has 1 aliphatic heterocycles. The van der Waals surface area contributed by atoms with Gasteiger partial charge in [-0.1, -0.05) is 6.08 Å². The van der Waals surface area contributed by atoms with Crippen LogP contribution in [0.25, 0.3) is 6.08 Å². The summed E-state index contributed by atoms with van der Waals surface area (Å²) < 4.78 is 26.2. The molecule has 1 aliphatic rings. The molecule has 0 saturated heterocycles. The molecule has 0 saturated carbocycles. The first kappa shape index (κ1) is 17.5. The van der Waals surface area contributed by atoms with E-state index in [1.807, 2.05) is 0 Å². The molecule has 26 heavy (non-hydrogen) atoms. The van der Waals surface area contributed by atoms with Crippen molar-refractivity contribution in [1.29, 1.82) is 0 Å². The van der Waals surface area contributed by atoms with Crippen LogP contribution in [0.3, 0.4) is 0 Å². The molecule has 1 N–H and O–H groups in total. The van der Waals surface area contributed by atoms with E-state index < -0.39 is 0 Å². The van der Waals surface area contributed by atoms with Gasteiger partial charge < -0.3 is 28.8 Å². The topological polar surface area (TPSA) is 83.5 Å². The monoisotopic (exact) mass is 358 g/mol. The van der Waals surface area contributed by atoms with E-state index in [1.54, 1.807) is 24.3 Å². The van der Waals surface area contributed by atoms with Crippen LogP contribution in [0.2, 0.25) is 0 Å². The summed E-state index contributed by atoms with van der Waals surface area (Å²) in [5.74, 6) is 1.63. The van der Waals surface area contributed by atoms with Gasteiger partial charge in [-0.05, 0) is 35.9 Å². The number of ether oxygens (including phenoxy) is 5. The molecule has 0 atom stereocenters. The van der Waals surface area contributed by atoms with Crippen LogP contribution in [0.5, 0.6) is 34.5 Å². The van der Waals surface area contributed by atoms with Gasteiger partial charge in [-0.2, -0.15) is 0 Å². The van der Waals surface area contributed by atoms with Crippen molar-refractivity contribution in [3.05, 3.63) is 41.5 Å². The van der Waals surface area contributed by atoms with Crippen LogP contribution in [0.4, 0.5) is 0 Å². The Hall–Kier alpha value is -3.35. The highest BCUT2D eigenvalue weighted by Crippen LogP contribution is 2.41. The molecule has 2 aromatic rings. The lowest BCUT2D eigenvalue weighted by Crippen LogP contribution is -2.00. The third-order valence-corrected chi connectivity index (χ3v) is 3.85. The first-order valence-electron chi connectivity index (χ1n) is 7.72. The summed E-state index contributed by atoms with van der Waals surface area (Å²) >= 11 is 0. The molecular weight excluding hydrogens is 340 g/mol. The summed E-state index contributed by atoms with van der Waals surface area (Å²) in [7, 11) is 4.46. The van der Waals surface area contributed by atoms with Gasteiger partial charge in [0, 0.05) is 5.56 Å². The molecule has 2 aromatic carbocycles. The number of methoxy groups -OCH3 is 3. The van der Waals surface area contributed by atoms with E-state index in [0.29, 0.717) is 39.9 Å². The third-order valence-electron chi connectivity index (χ3n) is 3.85. The highest BCUT2D eigenvalue weighted by Gasteiger charge is 2.19. The Bertz CT molecular complexity index is 845. The van der Waals surface area contributed by atoms with Crippen LogP contribution in [0.15, 0.2) is 30.3 Å². The third kappa shape index (κ3) is 3.23. The molecule has 7 nitrogen and oxygen atoms in total. The lowest BCUT2D eigenvalue weighted by atomic mass is 10.1. The van der Waals surface area contributed by atoms with Crippen LogP contribution < -0.4 is 23.7 Å². The molecule has 3 rings (SSSR count). The SMILES string of the molecule is COc1cc(C(=O)C=Cc2cc(O)c3c(c2)OCO3)cc(OC)c1OC. The predicted molar refractivity (Wildman–Crippen MR) is 93.7 cm³/mol. The molecule has 0 aromatic heterocycles. The average molecular weight is 358 g/mol. The number of allylic oxidation sites excluding steroid dienone is 1. The summed E-state index contributed by atoms with van der Waals surface area (Å²) in [4.78, 5) is 12.5. The predicted octanol–water partition coefficient (Wildman–Crippen LogP) is 3.04. The van der Waals surface area contributed by atoms with Crippen molar-refractivity contribution in [2.24, 2.45) is 0 Å². The van der Waals surface area contributed by atoms with Gasteiger partial charge in [0.05, 0.1) is 21.3 Å². The largest absolute Gasteiger partial charge is 0.504 e. The molecule has 1 heterocycles. The minimum atomic E-state index is -0.263. The molecule has 0 unspecified atom stereocenters. The number of carbonyl (C=O) groups is 1. The summed E-state index contributed by atoms with van der Waals surface area (Å²) in [5, 5.41) is 9.92. The molecule has 0 radical (unpaired) electrons. The number of aromatic hydroxyl groups is 1. The molecule has 7 heteroatoms. The summed E-state index contributed by atoms with van der Waals surface area (Å²) in [5.41, 5.74) is 0.980. The maximum Gasteiger partial charge on any atom is 0.231 e. The number of phenols is 1. The maximum absolute atomic E-state index is 12.5. The van der Waals surface area contributed by atoms with Crippen molar-refractivity contribution in [1.82, 2.24) is 0 Å². The Balaban J connectivity index is 1.88. The Morgan fingerprint density at radius 1 is 1.04 bits per heavy atom. The second-order valence-corrected chi connectivity index (χ2v) is 5.39. The van der Waals surface area contributed by atoms with E-state index in [2.05, 4.69) is 0 Å². The number of phenolic OH excluding ortho intramolecular Hbond substituents is 1. The van der Waals surface area contributed by atoms with Crippen molar-refractivity contribution < 1.29 is 33.6 Å². The van der Waals surface area contributed by atoms with Crippen LogP contribution in [0.1, 0.15) is 15.9 Å². The summed E-state index contributed by atoms with van der Waals surface area (Å²) in [6.07, 6.45) is 2.96. The second kappa shape index (κ2) is 7.26. The Morgan fingerprint density at radius 3 is 2.35 bits per heavy atom. The molecule has 0 bridgehead atoms. The zero-order valence-corrected chi connectivity index (χ0v) is 14.6. The van der Waals surface area contributed by atoms with Gasteiger partial charge in [-0.25, -0.2) is 0 Å². The number of fused-ring (bicyclic) bond motifs is 1. The molecule has 0 aliphatic carbocycles.